The van der Waals surface area contributed by atoms with E-state index in [9.17, 15) is 9.59 Å². The topological polar surface area (TPSA) is 102 Å². The van der Waals surface area contributed by atoms with Crippen molar-refractivity contribution in [3.8, 4) is 11.4 Å². The maximum absolute atomic E-state index is 12.1. The maximum Gasteiger partial charge on any atom is 0.321 e. The van der Waals surface area contributed by atoms with Crippen LogP contribution in [-0.2, 0) is 11.3 Å². The third-order valence-corrected chi connectivity index (χ3v) is 5.46. The number of furan rings is 1. The number of aryl methyl sites for hydroxylation is 1. The highest BCUT2D eigenvalue weighted by Gasteiger charge is 2.24. The van der Waals surface area contributed by atoms with Crippen LogP contribution in [0.15, 0.2) is 52.2 Å². The number of nitrogens with zero attached hydrogens (tertiary/aromatic N) is 3. The molecule has 0 unspecified atom stereocenters. The van der Waals surface area contributed by atoms with E-state index in [0.717, 1.165) is 29.7 Å². The molecule has 29 heavy (non-hydrogen) atoms. The molecule has 150 valence electrons. The van der Waals surface area contributed by atoms with E-state index in [4.69, 9.17) is 4.42 Å². The number of thioether (sulfide) groups is 1. The minimum Gasteiger partial charge on any atom is -0.469 e. The molecule has 0 saturated heterocycles. The lowest BCUT2D eigenvalue weighted by Gasteiger charge is -2.10. The summed E-state index contributed by atoms with van der Waals surface area (Å²) >= 11 is 1.24. The summed E-state index contributed by atoms with van der Waals surface area (Å²) in [6, 6.07) is 11.6. The lowest BCUT2D eigenvalue weighted by molar-refractivity contribution is -0.117. The number of urea groups is 1. The Morgan fingerprint density at radius 2 is 2.00 bits per heavy atom. The minimum absolute atomic E-state index is 0.0649. The van der Waals surface area contributed by atoms with Crippen LogP contribution in [0.4, 0.5) is 4.79 Å². The third kappa shape index (κ3) is 4.86. The standard InChI is InChI=1S/C20H21N5O3S/c1-13-16(9-10-28-13)18-23-24-20(25(18)11-14-5-3-2-4-6-14)29-12-17(26)22-19(27)21-15-7-8-15/h2-6,9-10,15H,7-8,11-12H2,1H3,(H2,21,22,26,27). The molecule has 0 aliphatic heterocycles. The van der Waals surface area contributed by atoms with Crippen LogP contribution in [0.5, 0.6) is 0 Å². The number of imide groups is 1. The molecule has 9 heteroatoms. The van der Waals surface area contributed by atoms with Crippen molar-refractivity contribution in [3.05, 3.63) is 54.0 Å². The molecule has 8 nitrogen and oxygen atoms in total. The fraction of sp³-hybridized carbons (Fsp3) is 0.300. The lowest BCUT2D eigenvalue weighted by atomic mass is 10.2. The van der Waals surface area contributed by atoms with E-state index in [-0.39, 0.29) is 17.7 Å². The number of aromatic nitrogens is 3. The molecule has 0 bridgehead atoms. The summed E-state index contributed by atoms with van der Waals surface area (Å²) in [5.41, 5.74) is 1.94. The molecule has 1 aliphatic carbocycles. The highest BCUT2D eigenvalue weighted by Crippen LogP contribution is 2.28. The smallest absolute Gasteiger partial charge is 0.321 e. The van der Waals surface area contributed by atoms with E-state index in [1.165, 1.54) is 11.8 Å². The van der Waals surface area contributed by atoms with E-state index < -0.39 is 6.03 Å². The van der Waals surface area contributed by atoms with Gasteiger partial charge >= 0.3 is 6.03 Å². The van der Waals surface area contributed by atoms with Gasteiger partial charge in [-0.15, -0.1) is 10.2 Å². The van der Waals surface area contributed by atoms with Crippen LogP contribution in [0.25, 0.3) is 11.4 Å². The van der Waals surface area contributed by atoms with E-state index in [1.54, 1.807) is 6.26 Å². The normalized spacial score (nSPS) is 13.3. The Labute approximate surface area is 172 Å². The van der Waals surface area contributed by atoms with Gasteiger partial charge in [-0.3, -0.25) is 14.7 Å². The van der Waals surface area contributed by atoms with Gasteiger partial charge in [-0.2, -0.15) is 0 Å². The zero-order valence-electron chi connectivity index (χ0n) is 15.9. The van der Waals surface area contributed by atoms with Crippen LogP contribution in [0.2, 0.25) is 0 Å². The largest absolute Gasteiger partial charge is 0.469 e. The number of carbonyl (C=O) groups is 2. The molecule has 1 aromatic carbocycles. The van der Waals surface area contributed by atoms with Crippen molar-refractivity contribution in [2.75, 3.05) is 5.75 Å². The van der Waals surface area contributed by atoms with Crippen LogP contribution >= 0.6 is 11.8 Å². The Bertz CT molecular complexity index is 1010. The van der Waals surface area contributed by atoms with Gasteiger partial charge in [-0.25, -0.2) is 4.79 Å². The van der Waals surface area contributed by atoms with Crippen molar-refractivity contribution < 1.29 is 14.0 Å². The first-order valence-corrected chi connectivity index (χ1v) is 10.3. The first-order chi connectivity index (χ1) is 14.1. The van der Waals surface area contributed by atoms with Crippen LogP contribution in [0.3, 0.4) is 0 Å². The second kappa shape index (κ2) is 8.52. The Hall–Kier alpha value is -3.07. The van der Waals surface area contributed by atoms with Gasteiger partial charge in [-0.1, -0.05) is 42.1 Å². The van der Waals surface area contributed by atoms with Gasteiger partial charge < -0.3 is 9.73 Å². The summed E-state index contributed by atoms with van der Waals surface area (Å²) in [6.45, 7) is 2.43. The van der Waals surface area contributed by atoms with Gasteiger partial charge in [0.05, 0.1) is 24.1 Å². The number of amides is 3. The summed E-state index contributed by atoms with van der Waals surface area (Å²) in [7, 11) is 0. The van der Waals surface area contributed by atoms with Crippen LogP contribution < -0.4 is 10.6 Å². The highest BCUT2D eigenvalue weighted by molar-refractivity contribution is 7.99. The second-order valence-electron chi connectivity index (χ2n) is 6.85. The highest BCUT2D eigenvalue weighted by atomic mass is 32.2. The first-order valence-electron chi connectivity index (χ1n) is 9.35. The van der Waals surface area contributed by atoms with Gasteiger partial charge in [0.1, 0.15) is 5.76 Å². The molecule has 3 aromatic rings. The Morgan fingerprint density at radius 3 is 2.69 bits per heavy atom. The van der Waals surface area contributed by atoms with Gasteiger partial charge in [-0.05, 0) is 31.4 Å². The van der Waals surface area contributed by atoms with Gasteiger partial charge in [0.25, 0.3) is 0 Å². The Kier molecular flexibility index (Phi) is 5.66. The summed E-state index contributed by atoms with van der Waals surface area (Å²) in [5.74, 6) is 1.12. The quantitative estimate of drug-likeness (QED) is 0.580. The number of nitrogens with one attached hydrogen (secondary N) is 2. The van der Waals surface area contributed by atoms with Crippen LogP contribution in [0, 0.1) is 6.92 Å². The number of hydrogen-bond acceptors (Lipinski definition) is 6. The predicted molar refractivity (Wildman–Crippen MR) is 108 cm³/mol. The zero-order valence-corrected chi connectivity index (χ0v) is 16.7. The zero-order chi connectivity index (χ0) is 20.2. The monoisotopic (exact) mass is 411 g/mol. The lowest BCUT2D eigenvalue weighted by Crippen LogP contribution is -2.41. The molecule has 3 amide bonds. The summed E-state index contributed by atoms with van der Waals surface area (Å²) < 4.78 is 7.37. The molecule has 1 fully saturated rings. The SMILES string of the molecule is Cc1occc1-c1nnc(SCC(=O)NC(=O)NC2CC2)n1Cc1ccccc1. The van der Waals surface area contributed by atoms with Crippen molar-refractivity contribution in [2.45, 2.75) is 37.5 Å². The molecular formula is C20H21N5O3S. The molecule has 1 aliphatic rings. The summed E-state index contributed by atoms with van der Waals surface area (Å²) in [6.07, 6.45) is 3.55. The average molecular weight is 411 g/mol. The van der Waals surface area contributed by atoms with Gasteiger partial charge in [0, 0.05) is 6.04 Å². The molecule has 2 heterocycles. The van der Waals surface area contributed by atoms with Gasteiger partial charge in [0.15, 0.2) is 11.0 Å². The molecule has 2 N–H and O–H groups in total. The van der Waals surface area contributed by atoms with Crippen molar-refractivity contribution in [1.29, 1.82) is 0 Å². The maximum atomic E-state index is 12.1. The van der Waals surface area contributed by atoms with Crippen LogP contribution in [-0.4, -0.2) is 38.5 Å². The van der Waals surface area contributed by atoms with Crippen LogP contribution in [0.1, 0.15) is 24.2 Å². The second-order valence-corrected chi connectivity index (χ2v) is 7.80. The van der Waals surface area contributed by atoms with Crippen molar-refractivity contribution in [1.82, 2.24) is 25.4 Å². The van der Waals surface area contributed by atoms with Crippen molar-refractivity contribution >= 4 is 23.7 Å². The van der Waals surface area contributed by atoms with E-state index in [1.807, 2.05) is 47.9 Å². The molecule has 0 spiro atoms. The van der Waals surface area contributed by atoms with E-state index in [0.29, 0.717) is 17.5 Å². The van der Waals surface area contributed by atoms with Crippen molar-refractivity contribution in [3.63, 3.8) is 0 Å². The molecular weight excluding hydrogens is 390 g/mol. The predicted octanol–water partition coefficient (Wildman–Crippen LogP) is 2.98. The fourth-order valence-electron chi connectivity index (χ4n) is 2.86. The van der Waals surface area contributed by atoms with Crippen molar-refractivity contribution in [2.24, 2.45) is 0 Å². The number of benzene rings is 1. The van der Waals surface area contributed by atoms with Gasteiger partial charge in [0.2, 0.25) is 5.91 Å². The molecule has 2 aromatic heterocycles. The first kappa shape index (κ1) is 19.3. The number of rotatable bonds is 7. The fourth-order valence-corrected chi connectivity index (χ4v) is 3.60. The Morgan fingerprint density at radius 1 is 1.21 bits per heavy atom. The number of hydrogen-bond donors (Lipinski definition) is 2. The summed E-state index contributed by atoms with van der Waals surface area (Å²) in [5, 5.41) is 14.3. The molecule has 4 rings (SSSR count). The molecule has 0 atom stereocenters. The summed E-state index contributed by atoms with van der Waals surface area (Å²) in [4.78, 5) is 23.8. The number of carbonyl (C=O) groups excluding carboxylic acids is 2. The Balaban J connectivity index is 1.49. The molecule has 0 radical (unpaired) electrons. The molecule has 1 saturated carbocycles. The third-order valence-electron chi connectivity index (χ3n) is 4.50. The average Bonchev–Trinajstić information content (AvgIpc) is 3.28. The minimum atomic E-state index is -0.446. The van der Waals surface area contributed by atoms with E-state index in [2.05, 4.69) is 20.8 Å². The van der Waals surface area contributed by atoms with E-state index >= 15 is 0 Å².